The van der Waals surface area contributed by atoms with Crippen molar-refractivity contribution in [3.05, 3.63) is 76.6 Å². The minimum atomic E-state index is 0.669. The fourth-order valence-electron chi connectivity index (χ4n) is 1.51. The zero-order chi connectivity index (χ0) is 11.8. The molecule has 0 aliphatic carbocycles. The second kappa shape index (κ2) is 6.34. The first kappa shape index (κ1) is 11.2. The molecule has 2 nitrogen and oxygen atoms in total. The van der Waals surface area contributed by atoms with Crippen LogP contribution < -0.4 is 5.32 Å². The zero-order valence-corrected chi connectivity index (χ0v) is 9.63. The van der Waals surface area contributed by atoms with Gasteiger partial charge in [-0.15, -0.1) is 0 Å². The molecule has 84 valence electrons. The van der Waals surface area contributed by atoms with Crippen molar-refractivity contribution in [2.24, 2.45) is 0 Å². The Morgan fingerprint density at radius 1 is 0.824 bits per heavy atom. The summed E-state index contributed by atoms with van der Waals surface area (Å²) in [5.74, 6) is 0. The number of nitrogens with one attached hydrogen (secondary N) is 1. The van der Waals surface area contributed by atoms with Crippen molar-refractivity contribution in [2.75, 3.05) is 0 Å². The molecule has 0 aromatic heterocycles. The van der Waals surface area contributed by atoms with E-state index in [1.165, 1.54) is 11.1 Å². The lowest BCUT2D eigenvalue weighted by molar-refractivity contribution is 0.895. The number of hydrogen-bond donors (Lipinski definition) is 1. The van der Waals surface area contributed by atoms with Crippen LogP contribution in [-0.2, 0) is 13.1 Å². The topological polar surface area (TPSA) is 16.4 Å². The number of rotatable bonds is 3. The van der Waals surface area contributed by atoms with E-state index in [1.54, 1.807) is 0 Å². The van der Waals surface area contributed by atoms with E-state index in [4.69, 9.17) is 0 Å². The van der Waals surface area contributed by atoms with Gasteiger partial charge in [0.2, 0.25) is 6.54 Å². The molecular weight excluding hydrogens is 208 g/mol. The molecule has 0 saturated heterocycles. The molecule has 0 radical (unpaired) electrons. The SMILES string of the molecule is C(#[N+]Cc1ccccc1)NCc1ccccc1. The summed E-state index contributed by atoms with van der Waals surface area (Å²) < 4.78 is 0. The second-order valence-electron chi connectivity index (χ2n) is 3.75. The van der Waals surface area contributed by atoms with Crippen LogP contribution >= 0.6 is 0 Å². The van der Waals surface area contributed by atoms with Crippen molar-refractivity contribution in [1.29, 1.82) is 0 Å². The lowest BCUT2D eigenvalue weighted by Crippen LogP contribution is -2.04. The van der Waals surface area contributed by atoms with Gasteiger partial charge in [-0.3, -0.25) is 0 Å². The molecule has 17 heavy (non-hydrogen) atoms. The zero-order valence-electron chi connectivity index (χ0n) is 9.63. The van der Waals surface area contributed by atoms with Crippen molar-refractivity contribution in [2.45, 2.75) is 13.1 Å². The molecule has 0 aliphatic heterocycles. The van der Waals surface area contributed by atoms with Gasteiger partial charge in [0, 0.05) is 5.56 Å². The second-order valence-corrected chi connectivity index (χ2v) is 3.75. The molecule has 2 aromatic carbocycles. The number of benzene rings is 2. The van der Waals surface area contributed by atoms with Crippen LogP contribution in [0.25, 0.3) is 4.85 Å². The monoisotopic (exact) mass is 223 g/mol. The summed E-state index contributed by atoms with van der Waals surface area (Å²) in [6.07, 6.45) is 2.86. The van der Waals surface area contributed by atoms with Crippen LogP contribution in [0.2, 0.25) is 0 Å². The average molecular weight is 223 g/mol. The highest BCUT2D eigenvalue weighted by Crippen LogP contribution is 1.99. The van der Waals surface area contributed by atoms with E-state index in [0.29, 0.717) is 6.54 Å². The Balaban J connectivity index is 1.76. The van der Waals surface area contributed by atoms with E-state index in [2.05, 4.69) is 40.6 Å². The molecule has 0 aliphatic rings. The van der Waals surface area contributed by atoms with Crippen LogP contribution in [0.3, 0.4) is 0 Å². The predicted molar refractivity (Wildman–Crippen MR) is 70.7 cm³/mol. The fraction of sp³-hybridized carbons (Fsp3) is 0.133. The van der Waals surface area contributed by atoms with Gasteiger partial charge >= 0.3 is 6.19 Å². The largest absolute Gasteiger partial charge is 0.369 e. The molecule has 2 heteroatoms. The van der Waals surface area contributed by atoms with Crippen molar-refractivity contribution in [3.8, 4) is 6.19 Å². The quantitative estimate of drug-likeness (QED) is 0.624. The summed E-state index contributed by atoms with van der Waals surface area (Å²) in [5.41, 5.74) is 2.43. The average Bonchev–Trinajstić information content (AvgIpc) is 2.41. The van der Waals surface area contributed by atoms with E-state index in [0.717, 1.165) is 6.54 Å². The third-order valence-electron chi connectivity index (χ3n) is 2.40. The lowest BCUT2D eigenvalue weighted by Gasteiger charge is -1.91. The third-order valence-corrected chi connectivity index (χ3v) is 2.40. The van der Waals surface area contributed by atoms with Crippen molar-refractivity contribution >= 4 is 0 Å². The van der Waals surface area contributed by atoms with Crippen LogP contribution in [-0.4, -0.2) is 0 Å². The van der Waals surface area contributed by atoms with Crippen LogP contribution in [0, 0.1) is 6.19 Å². The predicted octanol–water partition coefficient (Wildman–Crippen LogP) is 3.27. The van der Waals surface area contributed by atoms with Crippen molar-refractivity contribution in [1.82, 2.24) is 5.32 Å². The first-order valence-electron chi connectivity index (χ1n) is 5.67. The molecule has 0 heterocycles. The van der Waals surface area contributed by atoms with Gasteiger partial charge in [0.25, 0.3) is 0 Å². The van der Waals surface area contributed by atoms with Gasteiger partial charge in [0.1, 0.15) is 6.54 Å². The van der Waals surface area contributed by atoms with Gasteiger partial charge in [-0.1, -0.05) is 60.7 Å². The Hall–Kier alpha value is -2.27. The molecule has 1 N–H and O–H groups in total. The summed E-state index contributed by atoms with van der Waals surface area (Å²) in [5, 5.41) is 3.06. The van der Waals surface area contributed by atoms with Crippen molar-refractivity contribution in [3.63, 3.8) is 0 Å². The highest BCUT2D eigenvalue weighted by atomic mass is 14.9. The van der Waals surface area contributed by atoms with E-state index in [-0.39, 0.29) is 0 Å². The maximum atomic E-state index is 4.20. The molecule has 0 saturated carbocycles. The highest BCUT2D eigenvalue weighted by molar-refractivity contribution is 5.17. The highest BCUT2D eigenvalue weighted by Gasteiger charge is 1.93. The molecule has 2 rings (SSSR count). The Morgan fingerprint density at radius 3 is 2.06 bits per heavy atom. The van der Waals surface area contributed by atoms with Crippen LogP contribution in [0.4, 0.5) is 0 Å². The maximum Gasteiger partial charge on any atom is 0.369 e. The number of nitrogens with zero attached hydrogens (tertiary/aromatic N) is 1. The normalized spacial score (nSPS) is 9.18. The standard InChI is InChI=1S/C15H14N2/c1-3-7-14(8-4-1)11-16-13-17-12-15-9-5-2-6-10-15/h1-10H,11-12H2/p+1. The van der Waals surface area contributed by atoms with Gasteiger partial charge in [-0.05, 0) is 5.56 Å². The molecular formula is C15H15N2+. The molecule has 0 fully saturated rings. The molecule has 0 unspecified atom stereocenters. The van der Waals surface area contributed by atoms with Gasteiger partial charge in [-0.2, -0.15) is 4.85 Å². The maximum absolute atomic E-state index is 4.20. The van der Waals surface area contributed by atoms with Crippen LogP contribution in [0.15, 0.2) is 60.7 Å². The molecule has 0 amide bonds. The van der Waals surface area contributed by atoms with E-state index >= 15 is 0 Å². The van der Waals surface area contributed by atoms with E-state index in [1.807, 2.05) is 36.4 Å². The first-order valence-corrected chi connectivity index (χ1v) is 5.67. The summed E-state index contributed by atoms with van der Waals surface area (Å²) in [6.45, 7) is 1.43. The third kappa shape index (κ3) is 4.00. The van der Waals surface area contributed by atoms with Crippen LogP contribution in [0.5, 0.6) is 0 Å². The molecule has 2 aromatic rings. The van der Waals surface area contributed by atoms with Gasteiger partial charge in [0.15, 0.2) is 0 Å². The summed E-state index contributed by atoms with van der Waals surface area (Å²) >= 11 is 0. The summed E-state index contributed by atoms with van der Waals surface area (Å²) in [6, 6.07) is 20.4. The Morgan fingerprint density at radius 2 is 1.41 bits per heavy atom. The van der Waals surface area contributed by atoms with Gasteiger partial charge in [0.05, 0.1) is 0 Å². The molecule has 0 atom stereocenters. The smallest absolute Gasteiger partial charge is 0.219 e. The summed E-state index contributed by atoms with van der Waals surface area (Å²) in [4.78, 5) is 4.20. The first-order chi connectivity index (χ1) is 8.45. The Bertz CT molecular complexity index is 495. The lowest BCUT2D eigenvalue weighted by atomic mass is 10.2. The van der Waals surface area contributed by atoms with E-state index in [9.17, 15) is 0 Å². The fourth-order valence-corrected chi connectivity index (χ4v) is 1.51. The van der Waals surface area contributed by atoms with Crippen molar-refractivity contribution < 1.29 is 0 Å². The minimum Gasteiger partial charge on any atom is -0.219 e. The van der Waals surface area contributed by atoms with Crippen LogP contribution in [0.1, 0.15) is 11.1 Å². The van der Waals surface area contributed by atoms with Gasteiger partial charge < -0.3 is 0 Å². The number of hydrogen-bond acceptors (Lipinski definition) is 1. The molecule has 0 spiro atoms. The minimum absolute atomic E-state index is 0.669. The van der Waals surface area contributed by atoms with E-state index < -0.39 is 0 Å². The molecule has 0 bridgehead atoms. The Kier molecular flexibility index (Phi) is 4.19. The van der Waals surface area contributed by atoms with Gasteiger partial charge in [-0.25, -0.2) is 5.32 Å². The Labute approximate surface area is 102 Å². The summed E-state index contributed by atoms with van der Waals surface area (Å²) in [7, 11) is 0.